The Kier molecular flexibility index (Phi) is 8.11. The molecule has 0 spiro atoms. The molecule has 0 aliphatic carbocycles. The maximum Gasteiger partial charge on any atom is 0.164 e. The molecular formula is C11H22N2O2S2. The van der Waals surface area contributed by atoms with Gasteiger partial charge in [-0.15, -0.1) is 0 Å². The molecule has 6 heteroatoms. The average molecular weight is 278 g/mol. The predicted octanol–water partition coefficient (Wildman–Crippen LogP) is 0.314. The van der Waals surface area contributed by atoms with E-state index in [0.717, 1.165) is 0 Å². The lowest BCUT2D eigenvalue weighted by molar-refractivity contribution is -0.120. The molecule has 0 heterocycles. The zero-order chi connectivity index (χ0) is 13.6. The van der Waals surface area contributed by atoms with E-state index in [9.17, 15) is 9.59 Å². The van der Waals surface area contributed by atoms with Crippen LogP contribution in [0.4, 0.5) is 0 Å². The van der Waals surface area contributed by atoms with Gasteiger partial charge >= 0.3 is 0 Å². The lowest BCUT2D eigenvalue weighted by atomic mass is 10.00. The second kappa shape index (κ2) is 8.13. The van der Waals surface area contributed by atoms with Gasteiger partial charge in [-0.1, -0.05) is 13.8 Å². The Morgan fingerprint density at radius 2 is 1.88 bits per heavy atom. The van der Waals surface area contributed by atoms with Gasteiger partial charge in [-0.25, -0.2) is 0 Å². The fourth-order valence-electron chi connectivity index (χ4n) is 1.28. The second-order valence-electron chi connectivity index (χ2n) is 4.45. The molecule has 0 fully saturated rings. The summed E-state index contributed by atoms with van der Waals surface area (Å²) in [6.45, 7) is 5.47. The molecule has 0 aromatic carbocycles. The Morgan fingerprint density at radius 3 is 2.24 bits per heavy atom. The summed E-state index contributed by atoms with van der Waals surface area (Å²) >= 11 is 8.35. The van der Waals surface area contributed by atoms with Crippen LogP contribution in [0.1, 0.15) is 20.8 Å². The molecule has 4 nitrogen and oxygen atoms in total. The van der Waals surface area contributed by atoms with E-state index in [4.69, 9.17) is 5.73 Å². The fraction of sp³-hybridized carbons (Fsp3) is 0.818. The van der Waals surface area contributed by atoms with Gasteiger partial charge in [0.05, 0.1) is 18.6 Å². The van der Waals surface area contributed by atoms with Crippen LogP contribution in [0.5, 0.6) is 0 Å². The summed E-state index contributed by atoms with van der Waals surface area (Å²) in [5.41, 5.74) is 5.80. The van der Waals surface area contributed by atoms with Gasteiger partial charge in [0.2, 0.25) is 0 Å². The Balaban J connectivity index is 4.22. The van der Waals surface area contributed by atoms with Crippen molar-refractivity contribution in [3.8, 4) is 0 Å². The lowest BCUT2D eigenvalue weighted by Gasteiger charge is -2.22. The number of ketones is 2. The van der Waals surface area contributed by atoms with Gasteiger partial charge in [0, 0.05) is 11.0 Å². The quantitative estimate of drug-likeness (QED) is 0.482. The first-order valence-corrected chi connectivity index (χ1v) is 6.77. The molecule has 1 unspecified atom stereocenters. The van der Waals surface area contributed by atoms with Crippen molar-refractivity contribution >= 4 is 36.8 Å². The third-order valence-electron chi connectivity index (χ3n) is 2.62. The minimum Gasteiger partial charge on any atom is -0.321 e. The highest BCUT2D eigenvalue weighted by molar-refractivity contribution is 7.81. The summed E-state index contributed by atoms with van der Waals surface area (Å²) in [4.78, 5) is 22.9. The molecule has 100 valence electrons. The van der Waals surface area contributed by atoms with Gasteiger partial charge in [-0.2, -0.15) is 25.3 Å². The van der Waals surface area contributed by atoms with E-state index in [1.807, 2.05) is 13.8 Å². The molecule has 0 aromatic heterocycles. The Labute approximate surface area is 114 Å². The zero-order valence-electron chi connectivity index (χ0n) is 10.5. The van der Waals surface area contributed by atoms with Crippen molar-refractivity contribution in [2.45, 2.75) is 38.1 Å². The van der Waals surface area contributed by atoms with Crippen LogP contribution in [0.2, 0.25) is 0 Å². The van der Waals surface area contributed by atoms with Crippen molar-refractivity contribution in [2.24, 2.45) is 11.7 Å². The van der Waals surface area contributed by atoms with Crippen LogP contribution in [0.15, 0.2) is 0 Å². The third kappa shape index (κ3) is 5.90. The molecule has 0 aliphatic rings. The Hall–Kier alpha value is -0.0400. The van der Waals surface area contributed by atoms with E-state index < -0.39 is 12.1 Å². The van der Waals surface area contributed by atoms with E-state index in [-0.39, 0.29) is 29.3 Å². The Bertz CT molecular complexity index is 272. The van der Waals surface area contributed by atoms with Crippen molar-refractivity contribution in [1.82, 2.24) is 5.32 Å². The van der Waals surface area contributed by atoms with E-state index >= 15 is 0 Å². The summed E-state index contributed by atoms with van der Waals surface area (Å²) in [7, 11) is 0. The highest BCUT2D eigenvalue weighted by Crippen LogP contribution is 2.12. The normalized spacial score (nSPS) is 16.6. The van der Waals surface area contributed by atoms with E-state index in [0.29, 0.717) is 5.75 Å². The summed E-state index contributed by atoms with van der Waals surface area (Å²) in [6, 6.07) is -1.01. The number of thiol groups is 2. The van der Waals surface area contributed by atoms with Crippen LogP contribution in [-0.2, 0) is 9.59 Å². The van der Waals surface area contributed by atoms with Crippen LogP contribution in [0.3, 0.4) is 0 Å². The summed E-state index contributed by atoms with van der Waals surface area (Å²) in [5, 5.41) is 2.68. The van der Waals surface area contributed by atoms with Crippen molar-refractivity contribution in [3.63, 3.8) is 0 Å². The van der Waals surface area contributed by atoms with Crippen LogP contribution in [0, 0.1) is 5.92 Å². The molecule has 3 N–H and O–H groups in total. The van der Waals surface area contributed by atoms with Crippen molar-refractivity contribution in [1.29, 1.82) is 0 Å². The van der Waals surface area contributed by atoms with Gasteiger partial charge in [-0.05, 0) is 12.8 Å². The smallest absolute Gasteiger partial charge is 0.164 e. The third-order valence-corrected chi connectivity index (χ3v) is 3.90. The maximum absolute atomic E-state index is 11.8. The molecule has 17 heavy (non-hydrogen) atoms. The zero-order valence-corrected chi connectivity index (χ0v) is 12.3. The SMILES string of the molecule is CC(=O)C(CS)NCC(=O)[C@@H](N)[C@H](S)C(C)C. The highest BCUT2D eigenvalue weighted by atomic mass is 32.1. The van der Waals surface area contributed by atoms with Crippen LogP contribution in [-0.4, -0.2) is 41.2 Å². The van der Waals surface area contributed by atoms with Crippen molar-refractivity contribution in [2.75, 3.05) is 12.3 Å². The molecule has 0 aromatic rings. The van der Waals surface area contributed by atoms with E-state index in [1.165, 1.54) is 6.92 Å². The van der Waals surface area contributed by atoms with Gasteiger partial charge < -0.3 is 5.73 Å². The molecular weight excluding hydrogens is 256 g/mol. The molecule has 0 aliphatic heterocycles. The molecule has 0 rings (SSSR count). The predicted molar refractivity (Wildman–Crippen MR) is 76.9 cm³/mol. The largest absolute Gasteiger partial charge is 0.321 e. The first-order valence-electron chi connectivity index (χ1n) is 5.62. The molecule has 0 amide bonds. The molecule has 0 saturated carbocycles. The van der Waals surface area contributed by atoms with Gasteiger partial charge in [0.25, 0.3) is 0 Å². The monoisotopic (exact) mass is 278 g/mol. The van der Waals surface area contributed by atoms with Crippen LogP contribution in [0.25, 0.3) is 0 Å². The van der Waals surface area contributed by atoms with Crippen LogP contribution < -0.4 is 11.1 Å². The number of Topliss-reactive ketones (excluding diaryl/α,β-unsaturated/α-hetero) is 2. The first-order chi connectivity index (χ1) is 7.81. The highest BCUT2D eigenvalue weighted by Gasteiger charge is 2.24. The minimum atomic E-state index is -0.613. The second-order valence-corrected chi connectivity index (χ2v) is 5.41. The number of nitrogens with one attached hydrogen (secondary N) is 1. The number of hydrogen-bond acceptors (Lipinski definition) is 6. The van der Waals surface area contributed by atoms with Gasteiger partial charge in [0.1, 0.15) is 5.78 Å². The Morgan fingerprint density at radius 1 is 1.35 bits per heavy atom. The van der Waals surface area contributed by atoms with Crippen molar-refractivity contribution in [3.05, 3.63) is 0 Å². The van der Waals surface area contributed by atoms with E-state index in [1.54, 1.807) is 0 Å². The molecule has 3 atom stereocenters. The molecule has 0 saturated heterocycles. The number of carbonyl (C=O) groups excluding carboxylic acids is 2. The first kappa shape index (κ1) is 17.0. The summed E-state index contributed by atoms with van der Waals surface area (Å²) < 4.78 is 0. The fourth-order valence-corrected chi connectivity index (χ4v) is 1.84. The standard InChI is InChI=1S/C11H22N2O2S2/c1-6(2)11(17)10(12)9(15)4-13-8(5-16)7(3)14/h6,8,10-11,13,16-17H,4-5,12H2,1-3H3/t8?,10-,11-/m1/s1. The van der Waals surface area contributed by atoms with Gasteiger partial charge in [0.15, 0.2) is 5.78 Å². The molecule has 0 radical (unpaired) electrons. The lowest BCUT2D eigenvalue weighted by Crippen LogP contribution is -2.48. The summed E-state index contributed by atoms with van der Waals surface area (Å²) in [6.07, 6.45) is 0. The number of hydrogen-bond donors (Lipinski definition) is 4. The molecule has 0 bridgehead atoms. The number of carbonyl (C=O) groups is 2. The number of nitrogens with two attached hydrogens (primary N) is 1. The topological polar surface area (TPSA) is 72.2 Å². The van der Waals surface area contributed by atoms with Crippen molar-refractivity contribution < 1.29 is 9.59 Å². The van der Waals surface area contributed by atoms with E-state index in [2.05, 4.69) is 30.6 Å². The maximum atomic E-state index is 11.8. The average Bonchev–Trinajstić information content (AvgIpc) is 2.26. The summed E-state index contributed by atoms with van der Waals surface area (Å²) in [5.74, 6) is 0.428. The number of rotatable bonds is 8. The van der Waals surface area contributed by atoms with Crippen LogP contribution >= 0.6 is 25.3 Å². The van der Waals surface area contributed by atoms with Gasteiger partial charge in [-0.3, -0.25) is 14.9 Å². The minimum absolute atomic E-state index is 0.0346.